The maximum atomic E-state index is 6.18. The van der Waals surface area contributed by atoms with Gasteiger partial charge in [0.05, 0.1) is 0 Å². The van der Waals surface area contributed by atoms with Crippen molar-refractivity contribution in [2.24, 2.45) is 0 Å². The molecular weight excluding hydrogens is 282 g/mol. The van der Waals surface area contributed by atoms with Gasteiger partial charge in [0.1, 0.15) is 16.8 Å². The lowest BCUT2D eigenvalue weighted by Crippen LogP contribution is -2.25. The summed E-state index contributed by atoms with van der Waals surface area (Å²) in [7, 11) is 0. The Bertz CT molecular complexity index is 591. The first kappa shape index (κ1) is 15.8. The maximum absolute atomic E-state index is 6.18. The minimum atomic E-state index is -0.119. The van der Waals surface area contributed by atoms with Crippen molar-refractivity contribution < 1.29 is 0 Å². The zero-order chi connectivity index (χ0) is 15.5. The van der Waals surface area contributed by atoms with Gasteiger partial charge in [-0.2, -0.15) is 0 Å². The fourth-order valence-electron chi connectivity index (χ4n) is 2.06. The van der Waals surface area contributed by atoms with Crippen LogP contribution >= 0.6 is 11.6 Å². The van der Waals surface area contributed by atoms with Gasteiger partial charge in [-0.25, -0.2) is 9.97 Å². The van der Waals surface area contributed by atoms with Crippen molar-refractivity contribution in [3.05, 3.63) is 52.9 Å². The summed E-state index contributed by atoms with van der Waals surface area (Å²) in [4.78, 5) is 11.3. The molecule has 0 atom stereocenters. The molecule has 4 heteroatoms. The van der Waals surface area contributed by atoms with Crippen molar-refractivity contribution in [1.29, 1.82) is 0 Å². The van der Waals surface area contributed by atoms with E-state index in [0.717, 1.165) is 24.7 Å². The fourth-order valence-corrected chi connectivity index (χ4v) is 2.24. The van der Waals surface area contributed by atoms with Gasteiger partial charge in [-0.3, -0.25) is 0 Å². The van der Waals surface area contributed by atoms with Crippen LogP contribution in [-0.2, 0) is 12.0 Å². The van der Waals surface area contributed by atoms with Crippen LogP contribution in [0.3, 0.4) is 0 Å². The first-order valence-corrected chi connectivity index (χ1v) is 7.62. The van der Waals surface area contributed by atoms with E-state index in [4.69, 9.17) is 16.6 Å². The lowest BCUT2D eigenvalue weighted by atomic mass is 9.96. The van der Waals surface area contributed by atoms with Crippen molar-refractivity contribution >= 4 is 17.4 Å². The van der Waals surface area contributed by atoms with Crippen LogP contribution in [0.1, 0.15) is 39.1 Å². The van der Waals surface area contributed by atoms with Crippen molar-refractivity contribution in [3.8, 4) is 0 Å². The number of halogens is 1. The van der Waals surface area contributed by atoms with Gasteiger partial charge in [-0.05, 0) is 12.5 Å². The van der Waals surface area contributed by atoms with E-state index in [1.165, 1.54) is 5.56 Å². The molecule has 112 valence electrons. The second-order valence-corrected chi connectivity index (χ2v) is 6.51. The summed E-state index contributed by atoms with van der Waals surface area (Å²) in [6.07, 6.45) is 0. The molecule has 0 N–H and O–H groups in total. The van der Waals surface area contributed by atoms with Crippen molar-refractivity contribution in [2.45, 2.75) is 39.7 Å². The largest absolute Gasteiger partial charge is 0.352 e. The predicted octanol–water partition coefficient (Wildman–Crippen LogP) is 4.45. The second-order valence-electron chi connectivity index (χ2n) is 6.12. The summed E-state index contributed by atoms with van der Waals surface area (Å²) in [6, 6.07) is 12.2. The molecule has 0 saturated heterocycles. The van der Waals surface area contributed by atoms with E-state index in [9.17, 15) is 0 Å². The van der Waals surface area contributed by atoms with E-state index in [-0.39, 0.29) is 5.41 Å². The van der Waals surface area contributed by atoms with Crippen LogP contribution in [-0.4, -0.2) is 16.5 Å². The smallest absolute Gasteiger partial charge is 0.137 e. The number of anilines is 1. The first-order chi connectivity index (χ1) is 9.90. The predicted molar refractivity (Wildman–Crippen MR) is 88.9 cm³/mol. The van der Waals surface area contributed by atoms with E-state index in [2.05, 4.69) is 61.8 Å². The Morgan fingerprint density at radius 3 is 2.33 bits per heavy atom. The molecule has 0 saturated carbocycles. The number of nitrogens with zero attached hydrogens (tertiary/aromatic N) is 3. The average molecular weight is 304 g/mol. The van der Waals surface area contributed by atoms with Crippen LogP contribution in [0, 0.1) is 0 Å². The Hall–Kier alpha value is -1.61. The summed E-state index contributed by atoms with van der Waals surface area (Å²) in [5.74, 6) is 1.66. The van der Waals surface area contributed by atoms with Gasteiger partial charge >= 0.3 is 0 Å². The standard InChI is InChI=1S/C17H22ClN3/c1-5-21(12-13-9-7-6-8-10-13)15-11-14(18)19-16(20-15)17(2,3)4/h6-11H,5,12H2,1-4H3. The van der Waals surface area contributed by atoms with Crippen molar-refractivity contribution in [1.82, 2.24) is 9.97 Å². The van der Waals surface area contributed by atoms with Crippen molar-refractivity contribution in [3.63, 3.8) is 0 Å². The van der Waals surface area contributed by atoms with E-state index in [0.29, 0.717) is 5.15 Å². The molecular formula is C17H22ClN3. The Balaban J connectivity index is 2.32. The third-order valence-electron chi connectivity index (χ3n) is 3.27. The normalized spacial score (nSPS) is 11.5. The van der Waals surface area contributed by atoms with Crippen LogP contribution in [0.2, 0.25) is 5.15 Å². The SMILES string of the molecule is CCN(Cc1ccccc1)c1cc(Cl)nc(C(C)(C)C)n1. The lowest BCUT2D eigenvalue weighted by Gasteiger charge is -2.25. The number of aromatic nitrogens is 2. The Kier molecular flexibility index (Phi) is 4.84. The van der Waals surface area contributed by atoms with Gasteiger partial charge in [0.2, 0.25) is 0 Å². The highest BCUT2D eigenvalue weighted by atomic mass is 35.5. The molecule has 0 aliphatic rings. The van der Waals surface area contributed by atoms with Crippen LogP contribution in [0.5, 0.6) is 0 Å². The second kappa shape index (κ2) is 6.44. The Morgan fingerprint density at radius 1 is 1.10 bits per heavy atom. The molecule has 21 heavy (non-hydrogen) atoms. The minimum absolute atomic E-state index is 0.119. The molecule has 0 bridgehead atoms. The Labute approximate surface area is 132 Å². The number of hydrogen-bond donors (Lipinski definition) is 0. The molecule has 1 aromatic heterocycles. The zero-order valence-electron chi connectivity index (χ0n) is 13.1. The monoisotopic (exact) mass is 303 g/mol. The molecule has 0 aliphatic heterocycles. The minimum Gasteiger partial charge on any atom is -0.352 e. The molecule has 0 spiro atoms. The van der Waals surface area contributed by atoms with Gasteiger partial charge in [0, 0.05) is 24.6 Å². The molecule has 0 amide bonds. The fraction of sp³-hybridized carbons (Fsp3) is 0.412. The molecule has 2 rings (SSSR count). The topological polar surface area (TPSA) is 29.0 Å². The molecule has 0 radical (unpaired) electrons. The summed E-state index contributed by atoms with van der Waals surface area (Å²) in [5.41, 5.74) is 1.14. The average Bonchev–Trinajstić information content (AvgIpc) is 2.44. The number of hydrogen-bond acceptors (Lipinski definition) is 3. The molecule has 0 fully saturated rings. The molecule has 2 aromatic rings. The molecule has 1 heterocycles. The van der Waals surface area contributed by atoms with E-state index >= 15 is 0 Å². The third kappa shape index (κ3) is 4.18. The third-order valence-corrected chi connectivity index (χ3v) is 3.47. The van der Waals surface area contributed by atoms with Gasteiger partial charge < -0.3 is 4.90 Å². The highest BCUT2D eigenvalue weighted by Crippen LogP contribution is 2.24. The number of benzene rings is 1. The van der Waals surface area contributed by atoms with Gasteiger partial charge in [-0.1, -0.05) is 62.7 Å². The highest BCUT2D eigenvalue weighted by Gasteiger charge is 2.20. The van der Waals surface area contributed by atoms with Gasteiger partial charge in [0.25, 0.3) is 0 Å². The molecule has 3 nitrogen and oxygen atoms in total. The maximum Gasteiger partial charge on any atom is 0.137 e. The highest BCUT2D eigenvalue weighted by molar-refractivity contribution is 6.29. The van der Waals surface area contributed by atoms with Crippen LogP contribution in [0.4, 0.5) is 5.82 Å². The summed E-state index contributed by atoms with van der Waals surface area (Å²) < 4.78 is 0. The lowest BCUT2D eigenvalue weighted by molar-refractivity contribution is 0.544. The van der Waals surface area contributed by atoms with Crippen molar-refractivity contribution in [2.75, 3.05) is 11.4 Å². The quantitative estimate of drug-likeness (QED) is 0.781. The summed E-state index contributed by atoms with van der Waals surface area (Å²) >= 11 is 6.18. The van der Waals surface area contributed by atoms with Crippen LogP contribution < -0.4 is 4.90 Å². The van der Waals surface area contributed by atoms with Crippen LogP contribution in [0.15, 0.2) is 36.4 Å². The summed E-state index contributed by atoms with van der Waals surface area (Å²) in [5, 5.41) is 0.497. The molecule has 1 aromatic carbocycles. The van der Waals surface area contributed by atoms with E-state index < -0.39 is 0 Å². The Morgan fingerprint density at radius 2 is 1.76 bits per heavy atom. The van der Waals surface area contributed by atoms with Gasteiger partial charge in [-0.15, -0.1) is 0 Å². The van der Waals surface area contributed by atoms with Crippen LogP contribution in [0.25, 0.3) is 0 Å². The summed E-state index contributed by atoms with van der Waals surface area (Å²) in [6.45, 7) is 10.1. The van der Waals surface area contributed by atoms with Gasteiger partial charge in [0.15, 0.2) is 0 Å². The van der Waals surface area contributed by atoms with E-state index in [1.54, 1.807) is 0 Å². The molecule has 0 unspecified atom stereocenters. The zero-order valence-corrected chi connectivity index (χ0v) is 13.9. The first-order valence-electron chi connectivity index (χ1n) is 7.24. The van der Waals surface area contributed by atoms with E-state index in [1.807, 2.05) is 12.1 Å². The molecule has 0 aliphatic carbocycles. The number of rotatable bonds is 4.